The maximum Gasteiger partial charge on any atom is 0.315 e. The number of carbonyl (C=O) groups is 2. The first-order chi connectivity index (χ1) is 11.4. The van der Waals surface area contributed by atoms with Crippen LogP contribution in [0.4, 0.5) is 4.79 Å². The van der Waals surface area contributed by atoms with Gasteiger partial charge in [-0.15, -0.1) is 0 Å². The van der Waals surface area contributed by atoms with Crippen LogP contribution in [-0.4, -0.2) is 42.0 Å². The Morgan fingerprint density at radius 2 is 1.96 bits per heavy atom. The molecule has 2 N–H and O–H groups in total. The van der Waals surface area contributed by atoms with Crippen molar-refractivity contribution in [2.24, 2.45) is 0 Å². The number of urea groups is 1. The second-order valence-electron chi connectivity index (χ2n) is 6.92. The third-order valence-corrected chi connectivity index (χ3v) is 4.31. The van der Waals surface area contributed by atoms with Gasteiger partial charge < -0.3 is 15.5 Å². The number of benzene rings is 1. The van der Waals surface area contributed by atoms with Crippen molar-refractivity contribution in [1.82, 2.24) is 15.5 Å². The van der Waals surface area contributed by atoms with E-state index in [4.69, 9.17) is 0 Å². The number of hydrogen-bond donors (Lipinski definition) is 2. The van der Waals surface area contributed by atoms with E-state index in [1.807, 2.05) is 24.8 Å². The molecule has 1 saturated heterocycles. The van der Waals surface area contributed by atoms with E-state index in [0.29, 0.717) is 6.42 Å². The number of amides is 3. The molecule has 1 fully saturated rings. The summed E-state index contributed by atoms with van der Waals surface area (Å²) in [6, 6.07) is 8.49. The SMILES string of the molecule is Cc1cccc(CCC(=O)N2CCC(NC(=O)NC(C)C)CC2)c1. The quantitative estimate of drug-likeness (QED) is 0.871. The molecule has 0 aromatic heterocycles. The van der Waals surface area contributed by atoms with Crippen molar-refractivity contribution in [3.8, 4) is 0 Å². The van der Waals surface area contributed by atoms with E-state index in [9.17, 15) is 9.59 Å². The fourth-order valence-electron chi connectivity index (χ4n) is 3.04. The predicted octanol–water partition coefficient (Wildman–Crippen LogP) is 2.63. The minimum atomic E-state index is -0.116. The van der Waals surface area contributed by atoms with Gasteiger partial charge in [0.05, 0.1) is 0 Å². The van der Waals surface area contributed by atoms with Crippen molar-refractivity contribution >= 4 is 11.9 Å². The van der Waals surface area contributed by atoms with Crippen LogP contribution in [0.15, 0.2) is 24.3 Å². The Kier molecular flexibility index (Phi) is 6.64. The summed E-state index contributed by atoms with van der Waals surface area (Å²) in [7, 11) is 0. The largest absolute Gasteiger partial charge is 0.343 e. The van der Waals surface area contributed by atoms with Crippen molar-refractivity contribution in [2.45, 2.75) is 58.5 Å². The number of piperidine rings is 1. The summed E-state index contributed by atoms with van der Waals surface area (Å²) in [5.41, 5.74) is 2.44. The molecule has 3 amide bonds. The van der Waals surface area contributed by atoms with Crippen LogP contribution in [0.3, 0.4) is 0 Å². The summed E-state index contributed by atoms with van der Waals surface area (Å²) < 4.78 is 0. The van der Waals surface area contributed by atoms with E-state index in [2.05, 4.69) is 35.8 Å². The van der Waals surface area contributed by atoms with Gasteiger partial charge in [0.1, 0.15) is 0 Å². The molecule has 1 aliphatic heterocycles. The highest BCUT2D eigenvalue weighted by atomic mass is 16.2. The van der Waals surface area contributed by atoms with E-state index in [1.165, 1.54) is 11.1 Å². The molecule has 0 saturated carbocycles. The molecular formula is C19H29N3O2. The zero-order valence-corrected chi connectivity index (χ0v) is 15.0. The number of nitrogens with zero attached hydrogens (tertiary/aromatic N) is 1. The molecule has 0 radical (unpaired) electrons. The lowest BCUT2D eigenvalue weighted by Crippen LogP contribution is -2.50. The summed E-state index contributed by atoms with van der Waals surface area (Å²) in [4.78, 5) is 26.0. The molecule has 1 heterocycles. The number of nitrogens with one attached hydrogen (secondary N) is 2. The number of aryl methyl sites for hydroxylation is 2. The zero-order valence-electron chi connectivity index (χ0n) is 15.0. The average molecular weight is 331 g/mol. The van der Waals surface area contributed by atoms with Gasteiger partial charge in [-0.3, -0.25) is 4.79 Å². The van der Waals surface area contributed by atoms with Gasteiger partial charge >= 0.3 is 6.03 Å². The highest BCUT2D eigenvalue weighted by Crippen LogP contribution is 2.13. The zero-order chi connectivity index (χ0) is 17.5. The van der Waals surface area contributed by atoms with Crippen LogP contribution in [-0.2, 0) is 11.2 Å². The molecule has 1 aliphatic rings. The van der Waals surface area contributed by atoms with E-state index in [-0.39, 0.29) is 24.0 Å². The molecule has 5 nitrogen and oxygen atoms in total. The van der Waals surface area contributed by atoms with Crippen LogP contribution < -0.4 is 10.6 Å². The topological polar surface area (TPSA) is 61.4 Å². The van der Waals surface area contributed by atoms with Crippen LogP contribution in [0, 0.1) is 6.92 Å². The Morgan fingerprint density at radius 3 is 2.58 bits per heavy atom. The average Bonchev–Trinajstić information content (AvgIpc) is 2.52. The Labute approximate surface area is 144 Å². The molecule has 1 aromatic carbocycles. The summed E-state index contributed by atoms with van der Waals surface area (Å²) >= 11 is 0. The van der Waals surface area contributed by atoms with Gasteiger partial charge in [-0.05, 0) is 45.6 Å². The second kappa shape index (κ2) is 8.71. The third kappa shape index (κ3) is 5.87. The maximum atomic E-state index is 12.4. The van der Waals surface area contributed by atoms with E-state index in [1.54, 1.807) is 0 Å². The van der Waals surface area contributed by atoms with Gasteiger partial charge in [0.2, 0.25) is 5.91 Å². The Balaban J connectivity index is 1.71. The summed E-state index contributed by atoms with van der Waals surface area (Å²) in [5, 5.41) is 5.82. The fraction of sp³-hybridized carbons (Fsp3) is 0.579. The standard InChI is InChI=1S/C19H29N3O2/c1-14(2)20-19(24)21-17-9-11-22(12-10-17)18(23)8-7-16-6-4-5-15(3)13-16/h4-6,13-14,17H,7-12H2,1-3H3,(H2,20,21,24). The third-order valence-electron chi connectivity index (χ3n) is 4.31. The van der Waals surface area contributed by atoms with Crippen LogP contribution in [0.5, 0.6) is 0 Å². The van der Waals surface area contributed by atoms with E-state index in [0.717, 1.165) is 32.4 Å². The minimum absolute atomic E-state index is 0.116. The molecule has 5 heteroatoms. The Morgan fingerprint density at radius 1 is 1.25 bits per heavy atom. The molecule has 1 aromatic rings. The Bertz CT molecular complexity index is 563. The maximum absolute atomic E-state index is 12.4. The molecule has 0 bridgehead atoms. The molecule has 132 valence electrons. The normalized spacial score (nSPS) is 15.4. The number of rotatable bonds is 5. The number of carbonyl (C=O) groups excluding carboxylic acids is 2. The van der Waals surface area contributed by atoms with Crippen LogP contribution in [0.25, 0.3) is 0 Å². The predicted molar refractivity (Wildman–Crippen MR) is 95.9 cm³/mol. The molecule has 2 rings (SSSR count). The van der Waals surface area contributed by atoms with Gasteiger partial charge in [0, 0.05) is 31.6 Å². The van der Waals surface area contributed by atoms with Crippen LogP contribution in [0.2, 0.25) is 0 Å². The number of likely N-dealkylation sites (tertiary alicyclic amines) is 1. The van der Waals surface area contributed by atoms with E-state index >= 15 is 0 Å². The number of hydrogen-bond acceptors (Lipinski definition) is 2. The first-order valence-electron chi connectivity index (χ1n) is 8.84. The molecule has 0 unspecified atom stereocenters. The fourth-order valence-corrected chi connectivity index (χ4v) is 3.04. The van der Waals surface area contributed by atoms with Gasteiger partial charge in [-0.25, -0.2) is 4.79 Å². The van der Waals surface area contributed by atoms with Crippen molar-refractivity contribution in [3.05, 3.63) is 35.4 Å². The summed E-state index contributed by atoms with van der Waals surface area (Å²) in [6.07, 6.45) is 2.98. The van der Waals surface area contributed by atoms with Crippen molar-refractivity contribution < 1.29 is 9.59 Å². The Hall–Kier alpha value is -2.04. The van der Waals surface area contributed by atoms with Gasteiger partial charge in [0.25, 0.3) is 0 Å². The second-order valence-corrected chi connectivity index (χ2v) is 6.92. The molecule has 0 atom stereocenters. The van der Waals surface area contributed by atoms with Gasteiger partial charge in [-0.1, -0.05) is 29.8 Å². The lowest BCUT2D eigenvalue weighted by molar-refractivity contribution is -0.132. The molecular weight excluding hydrogens is 302 g/mol. The van der Waals surface area contributed by atoms with Crippen molar-refractivity contribution in [1.29, 1.82) is 0 Å². The highest BCUT2D eigenvalue weighted by molar-refractivity contribution is 5.77. The lowest BCUT2D eigenvalue weighted by atomic mass is 10.0. The van der Waals surface area contributed by atoms with Crippen molar-refractivity contribution in [2.75, 3.05) is 13.1 Å². The first kappa shape index (κ1) is 18.3. The minimum Gasteiger partial charge on any atom is -0.343 e. The highest BCUT2D eigenvalue weighted by Gasteiger charge is 2.23. The first-order valence-corrected chi connectivity index (χ1v) is 8.84. The van der Waals surface area contributed by atoms with Crippen LogP contribution in [0.1, 0.15) is 44.2 Å². The van der Waals surface area contributed by atoms with Crippen molar-refractivity contribution in [3.63, 3.8) is 0 Å². The van der Waals surface area contributed by atoms with Crippen LogP contribution >= 0.6 is 0 Å². The van der Waals surface area contributed by atoms with E-state index < -0.39 is 0 Å². The summed E-state index contributed by atoms with van der Waals surface area (Å²) in [6.45, 7) is 7.39. The monoisotopic (exact) mass is 331 g/mol. The lowest BCUT2D eigenvalue weighted by Gasteiger charge is -2.32. The smallest absolute Gasteiger partial charge is 0.315 e. The molecule has 24 heavy (non-hydrogen) atoms. The molecule has 0 spiro atoms. The molecule has 0 aliphatic carbocycles. The van der Waals surface area contributed by atoms with Gasteiger partial charge in [-0.2, -0.15) is 0 Å². The van der Waals surface area contributed by atoms with Gasteiger partial charge in [0.15, 0.2) is 0 Å². The summed E-state index contributed by atoms with van der Waals surface area (Å²) in [5.74, 6) is 0.210.